The van der Waals surface area contributed by atoms with E-state index in [0.717, 1.165) is 0 Å². The molecule has 0 fully saturated rings. The Kier molecular flexibility index (Phi) is 8.00. The third kappa shape index (κ3) is 8.14. The summed E-state index contributed by atoms with van der Waals surface area (Å²) in [5.74, 6) is -1.05. The molecule has 0 N–H and O–H groups in total. The first kappa shape index (κ1) is 16.0. The normalized spacial score (nSPS) is 9.22. The standard InChI is InChI=1S/C11H16O7/c1-8(2)10(13)16-6-7-18-11(14)17-5-4-9(12)15-3/h1,4-7H2,2-3H3. The van der Waals surface area contributed by atoms with Gasteiger partial charge in [0.05, 0.1) is 13.5 Å². The molecule has 0 aromatic rings. The van der Waals surface area contributed by atoms with Crippen LogP contribution >= 0.6 is 0 Å². The van der Waals surface area contributed by atoms with Crippen LogP contribution in [0, 0.1) is 0 Å². The Balaban J connectivity index is 3.51. The second kappa shape index (κ2) is 9.03. The Bertz CT molecular complexity index is 321. The van der Waals surface area contributed by atoms with E-state index >= 15 is 0 Å². The number of hydrogen-bond donors (Lipinski definition) is 0. The lowest BCUT2D eigenvalue weighted by molar-refractivity contribution is -0.142. The van der Waals surface area contributed by atoms with E-state index in [1.807, 2.05) is 0 Å². The number of carbonyl (C=O) groups is 3. The molecule has 0 bridgehead atoms. The fourth-order valence-electron chi connectivity index (χ4n) is 0.744. The molecule has 18 heavy (non-hydrogen) atoms. The van der Waals surface area contributed by atoms with Gasteiger partial charge in [-0.15, -0.1) is 0 Å². The van der Waals surface area contributed by atoms with E-state index in [-0.39, 0.29) is 31.8 Å². The fraction of sp³-hybridized carbons (Fsp3) is 0.545. The molecule has 0 unspecified atom stereocenters. The first-order chi connectivity index (χ1) is 8.47. The SMILES string of the molecule is C=C(C)C(=O)OCCOC(=O)OCCC(=O)OC. The minimum atomic E-state index is -0.940. The summed E-state index contributed by atoms with van der Waals surface area (Å²) in [5, 5.41) is 0. The molecule has 0 heterocycles. The molecule has 0 rings (SSSR count). The molecule has 102 valence electrons. The zero-order valence-corrected chi connectivity index (χ0v) is 10.4. The maximum atomic E-state index is 10.9. The number of hydrogen-bond acceptors (Lipinski definition) is 7. The van der Waals surface area contributed by atoms with Crippen LogP contribution in [0.15, 0.2) is 12.2 Å². The Morgan fingerprint density at radius 1 is 1.00 bits per heavy atom. The molecule has 0 aromatic carbocycles. The van der Waals surface area contributed by atoms with Crippen LogP contribution in [0.1, 0.15) is 13.3 Å². The van der Waals surface area contributed by atoms with E-state index in [0.29, 0.717) is 0 Å². The van der Waals surface area contributed by atoms with Crippen molar-refractivity contribution in [2.24, 2.45) is 0 Å². The van der Waals surface area contributed by atoms with Crippen LogP contribution in [0.25, 0.3) is 0 Å². The second-order valence-corrected chi connectivity index (χ2v) is 3.19. The summed E-state index contributed by atoms with van der Waals surface area (Å²) in [6, 6.07) is 0. The predicted octanol–water partition coefficient (Wildman–Crippen LogP) is 0.822. The van der Waals surface area contributed by atoms with Crippen LogP contribution in [-0.2, 0) is 28.5 Å². The summed E-state index contributed by atoms with van der Waals surface area (Å²) in [7, 11) is 1.23. The van der Waals surface area contributed by atoms with Gasteiger partial charge in [-0.1, -0.05) is 6.58 Å². The van der Waals surface area contributed by atoms with Crippen LogP contribution in [0.5, 0.6) is 0 Å². The van der Waals surface area contributed by atoms with Gasteiger partial charge in [-0.3, -0.25) is 4.79 Å². The van der Waals surface area contributed by atoms with Gasteiger partial charge in [0.25, 0.3) is 0 Å². The Hall–Kier alpha value is -2.05. The average molecular weight is 260 g/mol. The number of esters is 2. The van der Waals surface area contributed by atoms with E-state index in [4.69, 9.17) is 0 Å². The predicted molar refractivity (Wildman–Crippen MR) is 59.7 cm³/mol. The zero-order chi connectivity index (χ0) is 14.0. The average Bonchev–Trinajstić information content (AvgIpc) is 2.33. The van der Waals surface area contributed by atoms with Crippen LogP contribution < -0.4 is 0 Å². The van der Waals surface area contributed by atoms with Crippen LogP contribution in [-0.4, -0.2) is 45.0 Å². The van der Waals surface area contributed by atoms with Gasteiger partial charge in [0.1, 0.15) is 19.8 Å². The quantitative estimate of drug-likeness (QED) is 0.290. The van der Waals surface area contributed by atoms with Gasteiger partial charge in [0.15, 0.2) is 0 Å². The van der Waals surface area contributed by atoms with Crippen molar-refractivity contribution in [2.75, 3.05) is 26.9 Å². The molecular weight excluding hydrogens is 244 g/mol. The van der Waals surface area contributed by atoms with E-state index in [1.165, 1.54) is 14.0 Å². The molecule has 0 atom stereocenters. The lowest BCUT2D eigenvalue weighted by Crippen LogP contribution is -2.16. The summed E-state index contributed by atoms with van der Waals surface area (Å²) in [6.45, 7) is 4.55. The maximum Gasteiger partial charge on any atom is 0.508 e. The van der Waals surface area contributed by atoms with Gasteiger partial charge in [0.2, 0.25) is 0 Å². The topological polar surface area (TPSA) is 88.1 Å². The van der Waals surface area contributed by atoms with Gasteiger partial charge in [-0.05, 0) is 6.92 Å². The highest BCUT2D eigenvalue weighted by Crippen LogP contribution is 1.93. The van der Waals surface area contributed by atoms with Crippen molar-refractivity contribution in [3.8, 4) is 0 Å². The van der Waals surface area contributed by atoms with Crippen LogP contribution in [0.2, 0.25) is 0 Å². The monoisotopic (exact) mass is 260 g/mol. The van der Waals surface area contributed by atoms with Crippen LogP contribution in [0.3, 0.4) is 0 Å². The molecule has 0 radical (unpaired) electrons. The third-order valence-electron chi connectivity index (χ3n) is 1.64. The van der Waals surface area contributed by atoms with E-state index < -0.39 is 18.1 Å². The summed E-state index contributed by atoms with van der Waals surface area (Å²) in [5.41, 5.74) is 0.260. The Morgan fingerprint density at radius 3 is 2.11 bits per heavy atom. The van der Waals surface area contributed by atoms with Crippen molar-refractivity contribution in [1.82, 2.24) is 0 Å². The van der Waals surface area contributed by atoms with Crippen molar-refractivity contribution in [3.05, 3.63) is 12.2 Å². The van der Waals surface area contributed by atoms with Crippen molar-refractivity contribution in [1.29, 1.82) is 0 Å². The van der Waals surface area contributed by atoms with Gasteiger partial charge in [-0.25, -0.2) is 9.59 Å². The number of methoxy groups -OCH3 is 1. The lowest BCUT2D eigenvalue weighted by Gasteiger charge is -2.06. The highest BCUT2D eigenvalue weighted by molar-refractivity contribution is 5.86. The molecule has 0 aliphatic heterocycles. The van der Waals surface area contributed by atoms with Crippen molar-refractivity contribution in [3.63, 3.8) is 0 Å². The molecule has 7 nitrogen and oxygen atoms in total. The summed E-state index contributed by atoms with van der Waals surface area (Å²) >= 11 is 0. The van der Waals surface area contributed by atoms with Gasteiger partial charge < -0.3 is 18.9 Å². The first-order valence-corrected chi connectivity index (χ1v) is 5.16. The molecule has 0 saturated carbocycles. The summed E-state index contributed by atoms with van der Waals surface area (Å²) < 4.78 is 18.1. The first-order valence-electron chi connectivity index (χ1n) is 5.16. The second-order valence-electron chi connectivity index (χ2n) is 3.19. The lowest BCUT2D eigenvalue weighted by atomic mass is 10.4. The molecule has 0 aliphatic carbocycles. The molecule has 0 amide bonds. The van der Waals surface area contributed by atoms with Gasteiger partial charge in [0, 0.05) is 5.57 Å². The number of ether oxygens (including phenoxy) is 4. The van der Waals surface area contributed by atoms with Crippen molar-refractivity contribution >= 4 is 18.1 Å². The van der Waals surface area contributed by atoms with Crippen molar-refractivity contribution in [2.45, 2.75) is 13.3 Å². The van der Waals surface area contributed by atoms with Crippen molar-refractivity contribution < 1.29 is 33.3 Å². The van der Waals surface area contributed by atoms with Crippen LogP contribution in [0.4, 0.5) is 4.79 Å². The maximum absolute atomic E-state index is 10.9. The summed E-state index contributed by atoms with van der Waals surface area (Å²) in [6.07, 6.45) is -0.985. The van der Waals surface area contributed by atoms with E-state index in [1.54, 1.807) is 0 Å². The molecule has 0 spiro atoms. The molecular formula is C11H16O7. The minimum absolute atomic E-state index is 0.0454. The highest BCUT2D eigenvalue weighted by atomic mass is 16.7. The van der Waals surface area contributed by atoms with E-state index in [2.05, 4.69) is 25.5 Å². The molecule has 0 aromatic heterocycles. The van der Waals surface area contributed by atoms with Gasteiger partial charge in [-0.2, -0.15) is 0 Å². The zero-order valence-electron chi connectivity index (χ0n) is 10.4. The molecule has 7 heteroatoms. The summed E-state index contributed by atoms with van der Waals surface area (Å²) in [4.78, 5) is 32.5. The highest BCUT2D eigenvalue weighted by Gasteiger charge is 2.07. The van der Waals surface area contributed by atoms with E-state index in [9.17, 15) is 14.4 Å². The number of rotatable bonds is 7. The smallest absolute Gasteiger partial charge is 0.469 e. The number of carbonyl (C=O) groups excluding carboxylic acids is 3. The van der Waals surface area contributed by atoms with Gasteiger partial charge >= 0.3 is 18.1 Å². The largest absolute Gasteiger partial charge is 0.508 e. The Labute approximate surface area is 105 Å². The third-order valence-corrected chi connectivity index (χ3v) is 1.64. The minimum Gasteiger partial charge on any atom is -0.469 e. The molecule has 0 aliphatic rings. The Morgan fingerprint density at radius 2 is 1.56 bits per heavy atom. The molecule has 0 saturated heterocycles. The fourth-order valence-corrected chi connectivity index (χ4v) is 0.744.